The lowest BCUT2D eigenvalue weighted by atomic mass is 10.1. The van der Waals surface area contributed by atoms with E-state index in [2.05, 4.69) is 74.6 Å². The molecule has 0 aromatic heterocycles. The van der Waals surface area contributed by atoms with Crippen molar-refractivity contribution in [3.63, 3.8) is 0 Å². The van der Waals surface area contributed by atoms with Gasteiger partial charge in [0.2, 0.25) is 0 Å². The molecule has 54 heavy (non-hydrogen) atoms. The quantitative estimate of drug-likeness (QED) is 0.0220. The van der Waals surface area contributed by atoms with Gasteiger partial charge in [0.25, 0.3) is 0 Å². The van der Waals surface area contributed by atoms with Gasteiger partial charge in [-0.15, -0.1) is 0 Å². The molecule has 9 nitrogen and oxygen atoms in total. The fourth-order valence-electron chi connectivity index (χ4n) is 4.92. The van der Waals surface area contributed by atoms with Gasteiger partial charge in [0.15, 0.2) is 6.10 Å². The van der Waals surface area contributed by atoms with Crippen LogP contribution in [0.2, 0.25) is 0 Å². The van der Waals surface area contributed by atoms with Gasteiger partial charge in [0, 0.05) is 12.8 Å². The van der Waals surface area contributed by atoms with Gasteiger partial charge in [-0.3, -0.25) is 18.6 Å². The zero-order valence-corrected chi connectivity index (χ0v) is 35.6. The highest BCUT2D eigenvalue weighted by Gasteiger charge is 2.27. The van der Waals surface area contributed by atoms with Crippen molar-refractivity contribution in [2.24, 2.45) is 0 Å². The van der Waals surface area contributed by atoms with Crippen molar-refractivity contribution in [2.45, 2.75) is 148 Å². The van der Waals surface area contributed by atoms with Crippen LogP contribution in [0.4, 0.5) is 0 Å². The third-order valence-corrected chi connectivity index (χ3v) is 9.21. The molecule has 0 aromatic rings. The molecule has 0 fully saturated rings. The van der Waals surface area contributed by atoms with Crippen LogP contribution in [0.5, 0.6) is 0 Å². The Kier molecular flexibility index (Phi) is 34.4. The van der Waals surface area contributed by atoms with E-state index in [4.69, 9.17) is 18.5 Å². The van der Waals surface area contributed by atoms with Crippen LogP contribution in [0.3, 0.4) is 0 Å². The average Bonchev–Trinajstić information content (AvgIpc) is 3.12. The molecule has 0 radical (unpaired) electrons. The van der Waals surface area contributed by atoms with Gasteiger partial charge in [-0.05, 0) is 70.6 Å². The number of carbonyl (C=O) groups is 2. The molecule has 0 aliphatic carbocycles. The number of likely N-dealkylation sites (N-methyl/N-ethyl adjacent to an activating group) is 1. The molecule has 0 rings (SSSR count). The fourth-order valence-corrected chi connectivity index (χ4v) is 5.66. The number of quaternary nitrogens is 1. The zero-order valence-electron chi connectivity index (χ0n) is 34.7. The first kappa shape index (κ1) is 51.5. The molecule has 1 N–H and O–H groups in total. The first-order chi connectivity index (χ1) is 26.0. The lowest BCUT2D eigenvalue weighted by Gasteiger charge is -2.24. The summed E-state index contributed by atoms with van der Waals surface area (Å²) in [5.41, 5.74) is 0. The highest BCUT2D eigenvalue weighted by Crippen LogP contribution is 2.43. The lowest BCUT2D eigenvalue weighted by molar-refractivity contribution is -0.870. The summed E-state index contributed by atoms with van der Waals surface area (Å²) in [7, 11) is 1.41. The highest BCUT2D eigenvalue weighted by molar-refractivity contribution is 7.47. The second-order valence-corrected chi connectivity index (χ2v) is 16.1. The Balaban J connectivity index is 4.55. The minimum absolute atomic E-state index is 0.0137. The number of hydrogen-bond donors (Lipinski definition) is 1. The molecule has 310 valence electrons. The molecular weight excluding hydrogens is 701 g/mol. The Hall–Kier alpha value is -2.55. The number of nitrogens with zero attached hydrogens (tertiary/aromatic N) is 1. The van der Waals surface area contributed by atoms with Gasteiger partial charge >= 0.3 is 19.8 Å². The van der Waals surface area contributed by atoms with E-state index < -0.39 is 32.5 Å². The van der Waals surface area contributed by atoms with Gasteiger partial charge in [0.1, 0.15) is 19.8 Å². The van der Waals surface area contributed by atoms with Crippen molar-refractivity contribution >= 4 is 19.8 Å². The molecule has 0 saturated heterocycles. The molecule has 0 aliphatic heterocycles. The van der Waals surface area contributed by atoms with Crippen LogP contribution in [0.25, 0.3) is 0 Å². The molecule has 0 spiro atoms. The standard InChI is InChI=1S/C44H76NO8P/c1-6-8-10-12-14-16-18-19-20-21-22-23-24-25-27-29-31-33-35-37-44(47)53-42(41-52-54(48,49)51-39-38-45(3,4)5)40-50-43(46)36-34-32-30-28-26-17-15-13-11-9-7-2/h13-16,19-20,22-23,25,27,31,33,42H,6-12,17-18,21,24,26,28-30,32,34-41H2,1-5H3/p+1/b15-13+,16-14+,20-19+,23-22+,27-25+,33-31+/t42-/m1/s1. The van der Waals surface area contributed by atoms with Crippen LogP contribution in [-0.4, -0.2) is 74.9 Å². The predicted molar refractivity (Wildman–Crippen MR) is 224 cm³/mol. The number of esters is 2. The predicted octanol–water partition coefficient (Wildman–Crippen LogP) is 11.5. The largest absolute Gasteiger partial charge is 0.472 e. The van der Waals surface area contributed by atoms with Crippen molar-refractivity contribution < 1.29 is 42.1 Å². The van der Waals surface area contributed by atoms with E-state index in [-0.39, 0.29) is 26.1 Å². The van der Waals surface area contributed by atoms with E-state index >= 15 is 0 Å². The number of phosphoric acid groups is 1. The maximum absolute atomic E-state index is 12.6. The molecule has 2 atom stereocenters. The van der Waals surface area contributed by atoms with E-state index in [1.807, 2.05) is 33.3 Å². The first-order valence-electron chi connectivity index (χ1n) is 20.7. The van der Waals surface area contributed by atoms with Crippen LogP contribution in [0, 0.1) is 0 Å². The Labute approximate surface area is 329 Å². The van der Waals surface area contributed by atoms with Gasteiger partial charge in [-0.2, -0.15) is 0 Å². The van der Waals surface area contributed by atoms with Crippen LogP contribution >= 0.6 is 7.82 Å². The maximum atomic E-state index is 12.6. The molecular formula is C44H77NO8P+. The number of carbonyl (C=O) groups excluding carboxylic acids is 2. The van der Waals surface area contributed by atoms with Gasteiger partial charge in [-0.25, -0.2) is 4.57 Å². The number of phosphoric ester groups is 1. The minimum atomic E-state index is -4.39. The van der Waals surface area contributed by atoms with E-state index in [0.717, 1.165) is 64.2 Å². The molecule has 0 bridgehead atoms. The SMILES string of the molecule is CCCC/C=C/CCCCCCCC(=O)OC[C@H](COP(=O)(O)OCC[N+](C)(C)C)OC(=O)CC/C=C/C/C=C/C/C=C/C/C=C/C/C=C/CCCCC. The number of allylic oxidation sites excluding steroid dienone is 12. The first-order valence-corrected chi connectivity index (χ1v) is 22.2. The summed E-state index contributed by atoms with van der Waals surface area (Å²) in [5, 5.41) is 0. The molecule has 10 heteroatoms. The Bertz CT molecular complexity index is 1150. The molecule has 0 aliphatic rings. The lowest BCUT2D eigenvalue weighted by Crippen LogP contribution is -2.37. The Morgan fingerprint density at radius 1 is 0.574 bits per heavy atom. The number of rotatable bonds is 36. The van der Waals surface area contributed by atoms with Crippen molar-refractivity contribution in [3.8, 4) is 0 Å². The highest BCUT2D eigenvalue weighted by atomic mass is 31.2. The Morgan fingerprint density at radius 3 is 1.63 bits per heavy atom. The van der Waals surface area contributed by atoms with Gasteiger partial charge < -0.3 is 18.9 Å². The second-order valence-electron chi connectivity index (χ2n) is 14.7. The van der Waals surface area contributed by atoms with Crippen molar-refractivity contribution in [1.82, 2.24) is 0 Å². The van der Waals surface area contributed by atoms with Crippen molar-refractivity contribution in [3.05, 3.63) is 72.9 Å². The third kappa shape index (κ3) is 39.2. The summed E-state index contributed by atoms with van der Waals surface area (Å²) in [4.78, 5) is 35.2. The summed E-state index contributed by atoms with van der Waals surface area (Å²) >= 11 is 0. The smallest absolute Gasteiger partial charge is 0.462 e. The summed E-state index contributed by atoms with van der Waals surface area (Å²) in [6.45, 7) is 4.23. The second kappa shape index (κ2) is 36.1. The number of unbranched alkanes of at least 4 members (excludes halogenated alkanes) is 10. The molecule has 0 heterocycles. The fraction of sp³-hybridized carbons (Fsp3) is 0.682. The maximum Gasteiger partial charge on any atom is 0.472 e. The van der Waals surface area contributed by atoms with Crippen LogP contribution in [0.15, 0.2) is 72.9 Å². The average molecular weight is 779 g/mol. The van der Waals surface area contributed by atoms with Crippen LogP contribution in [0.1, 0.15) is 142 Å². The number of hydrogen-bond acceptors (Lipinski definition) is 7. The summed E-state index contributed by atoms with van der Waals surface area (Å²) in [5.74, 6) is -0.915. The summed E-state index contributed by atoms with van der Waals surface area (Å²) in [6, 6.07) is 0. The van der Waals surface area contributed by atoms with E-state index in [0.29, 0.717) is 23.9 Å². The van der Waals surface area contributed by atoms with Crippen molar-refractivity contribution in [2.75, 3.05) is 47.5 Å². The molecule has 0 amide bonds. The molecule has 0 aromatic carbocycles. The van der Waals surface area contributed by atoms with Gasteiger partial charge in [0.05, 0.1) is 27.7 Å². The van der Waals surface area contributed by atoms with Crippen LogP contribution < -0.4 is 0 Å². The summed E-state index contributed by atoms with van der Waals surface area (Å²) < 4.78 is 34.1. The van der Waals surface area contributed by atoms with E-state index in [1.165, 1.54) is 38.5 Å². The number of ether oxygens (including phenoxy) is 2. The summed E-state index contributed by atoms with van der Waals surface area (Å²) in [6.07, 6.45) is 44.0. The van der Waals surface area contributed by atoms with Crippen LogP contribution in [-0.2, 0) is 32.7 Å². The zero-order chi connectivity index (χ0) is 40.0. The van der Waals surface area contributed by atoms with Crippen molar-refractivity contribution in [1.29, 1.82) is 0 Å². The normalized spacial score (nSPS) is 14.4. The Morgan fingerprint density at radius 2 is 1.06 bits per heavy atom. The van der Waals surface area contributed by atoms with E-state index in [1.54, 1.807) is 0 Å². The van der Waals surface area contributed by atoms with Gasteiger partial charge in [-0.1, -0.05) is 132 Å². The molecule has 1 unspecified atom stereocenters. The molecule has 0 saturated carbocycles. The van der Waals surface area contributed by atoms with E-state index in [9.17, 15) is 19.0 Å². The third-order valence-electron chi connectivity index (χ3n) is 8.22. The topological polar surface area (TPSA) is 108 Å². The minimum Gasteiger partial charge on any atom is -0.462 e. The monoisotopic (exact) mass is 779 g/mol.